The molecule has 0 aliphatic carbocycles. The molecule has 2 N–H and O–H groups in total. The van der Waals surface area contributed by atoms with E-state index in [4.69, 9.17) is 4.74 Å². The van der Waals surface area contributed by atoms with Crippen molar-refractivity contribution in [1.29, 1.82) is 0 Å². The maximum absolute atomic E-state index is 12.9. The molecule has 0 heterocycles. The second kappa shape index (κ2) is 9.89. The molecule has 0 saturated carbocycles. The largest absolute Gasteiger partial charge is 0.494 e. The number of hydrogen-bond donors (Lipinski definition) is 2. The Hall–Kier alpha value is -3.39. The predicted octanol–water partition coefficient (Wildman–Crippen LogP) is 3.83. The molecule has 0 radical (unpaired) electrons. The minimum atomic E-state index is -3.84. The summed E-state index contributed by atoms with van der Waals surface area (Å²) < 4.78 is 45.7. The average Bonchev–Trinajstić information content (AvgIpc) is 2.76. The molecule has 0 unspecified atom stereocenters. The third-order valence-corrected chi connectivity index (χ3v) is 5.54. The van der Waals surface area contributed by atoms with Gasteiger partial charge in [0, 0.05) is 17.8 Å². The molecule has 0 atom stereocenters. The summed E-state index contributed by atoms with van der Waals surface area (Å²) in [6, 6.07) is 20.0. The van der Waals surface area contributed by atoms with Gasteiger partial charge in [-0.1, -0.05) is 18.2 Å². The average molecular weight is 428 g/mol. The van der Waals surface area contributed by atoms with Gasteiger partial charge in [-0.3, -0.25) is 9.52 Å². The van der Waals surface area contributed by atoms with Crippen molar-refractivity contribution in [3.8, 4) is 5.75 Å². The Labute approximate surface area is 174 Å². The zero-order valence-corrected chi connectivity index (χ0v) is 16.9. The van der Waals surface area contributed by atoms with Crippen LogP contribution in [0, 0.1) is 5.82 Å². The summed E-state index contributed by atoms with van der Waals surface area (Å²) >= 11 is 0. The van der Waals surface area contributed by atoms with Crippen LogP contribution in [0.3, 0.4) is 0 Å². The maximum atomic E-state index is 12.9. The van der Waals surface area contributed by atoms with E-state index in [1.54, 1.807) is 0 Å². The standard InChI is InChI=1S/C22H21FN2O4S/c23-18-9-11-19(12-10-18)25-30(27,28)21-13-7-17(8-14-21)22(26)24-15-4-16-29-20-5-2-1-3-6-20/h1-3,5-14,25H,4,15-16H2,(H,24,26). The van der Waals surface area contributed by atoms with Gasteiger partial charge in [0.25, 0.3) is 15.9 Å². The lowest BCUT2D eigenvalue weighted by Gasteiger charge is -2.09. The number of rotatable bonds is 9. The quantitative estimate of drug-likeness (QED) is 0.508. The molecule has 3 aromatic rings. The van der Waals surface area contributed by atoms with Crippen molar-refractivity contribution in [3.63, 3.8) is 0 Å². The fourth-order valence-electron chi connectivity index (χ4n) is 2.60. The molecule has 3 rings (SSSR count). The zero-order valence-electron chi connectivity index (χ0n) is 16.0. The van der Waals surface area contributed by atoms with Gasteiger partial charge in [-0.2, -0.15) is 0 Å². The van der Waals surface area contributed by atoms with Gasteiger partial charge in [0.2, 0.25) is 0 Å². The smallest absolute Gasteiger partial charge is 0.261 e. The number of carbonyl (C=O) groups excluding carboxylic acids is 1. The molecule has 0 saturated heterocycles. The van der Waals surface area contributed by atoms with Crippen LogP contribution in [0.25, 0.3) is 0 Å². The molecule has 0 spiro atoms. The van der Waals surface area contributed by atoms with Crippen LogP contribution < -0.4 is 14.8 Å². The molecular formula is C22H21FN2O4S. The van der Waals surface area contributed by atoms with Gasteiger partial charge in [0.05, 0.1) is 11.5 Å². The molecule has 6 nitrogen and oxygen atoms in total. The van der Waals surface area contributed by atoms with E-state index in [1.165, 1.54) is 36.4 Å². The van der Waals surface area contributed by atoms with Crippen LogP contribution in [0.4, 0.5) is 10.1 Å². The summed E-state index contributed by atoms with van der Waals surface area (Å²) in [5.74, 6) is 0.0139. The van der Waals surface area contributed by atoms with E-state index in [1.807, 2.05) is 30.3 Å². The van der Waals surface area contributed by atoms with Crippen molar-refractivity contribution in [3.05, 3.63) is 90.2 Å². The molecule has 0 fully saturated rings. The number of ether oxygens (including phenoxy) is 1. The normalized spacial score (nSPS) is 11.0. The van der Waals surface area contributed by atoms with Gasteiger partial charge in [0.1, 0.15) is 11.6 Å². The zero-order chi connectivity index (χ0) is 21.4. The van der Waals surface area contributed by atoms with Crippen LogP contribution in [-0.2, 0) is 10.0 Å². The molecule has 3 aromatic carbocycles. The molecule has 0 aromatic heterocycles. The van der Waals surface area contributed by atoms with Crippen molar-refractivity contribution in [1.82, 2.24) is 5.32 Å². The molecule has 0 aliphatic rings. The van der Waals surface area contributed by atoms with Gasteiger partial charge in [-0.25, -0.2) is 12.8 Å². The highest BCUT2D eigenvalue weighted by molar-refractivity contribution is 7.92. The predicted molar refractivity (Wildman–Crippen MR) is 113 cm³/mol. The first-order valence-corrected chi connectivity index (χ1v) is 10.8. The van der Waals surface area contributed by atoms with Crippen LogP contribution in [0.2, 0.25) is 0 Å². The van der Waals surface area contributed by atoms with Crippen molar-refractivity contribution >= 4 is 21.6 Å². The molecule has 0 bridgehead atoms. The number of benzene rings is 3. The number of halogens is 1. The Kier molecular flexibility index (Phi) is 7.03. The monoisotopic (exact) mass is 428 g/mol. The van der Waals surface area contributed by atoms with E-state index in [-0.39, 0.29) is 16.5 Å². The van der Waals surface area contributed by atoms with Crippen LogP contribution in [-0.4, -0.2) is 27.5 Å². The number of hydrogen-bond acceptors (Lipinski definition) is 4. The molecule has 8 heteroatoms. The molecule has 1 amide bonds. The lowest BCUT2D eigenvalue weighted by atomic mass is 10.2. The number of amides is 1. The summed E-state index contributed by atoms with van der Waals surface area (Å²) in [4.78, 5) is 12.2. The lowest BCUT2D eigenvalue weighted by Crippen LogP contribution is -2.25. The van der Waals surface area contributed by atoms with E-state index < -0.39 is 15.8 Å². The number of nitrogens with one attached hydrogen (secondary N) is 2. The summed E-state index contributed by atoms with van der Waals surface area (Å²) in [6.45, 7) is 0.897. The second-order valence-electron chi connectivity index (χ2n) is 6.41. The first-order valence-electron chi connectivity index (χ1n) is 9.28. The van der Waals surface area contributed by atoms with E-state index >= 15 is 0 Å². The fraction of sp³-hybridized carbons (Fsp3) is 0.136. The Balaban J connectivity index is 1.49. The Morgan fingerprint density at radius 1 is 0.900 bits per heavy atom. The molecule has 0 aliphatic heterocycles. The summed E-state index contributed by atoms with van der Waals surface area (Å²) in [5.41, 5.74) is 0.593. The highest BCUT2D eigenvalue weighted by Crippen LogP contribution is 2.17. The van der Waals surface area contributed by atoms with E-state index in [0.29, 0.717) is 25.1 Å². The van der Waals surface area contributed by atoms with Crippen LogP contribution in [0.5, 0.6) is 5.75 Å². The molecule has 30 heavy (non-hydrogen) atoms. The van der Waals surface area contributed by atoms with E-state index in [9.17, 15) is 17.6 Å². The van der Waals surface area contributed by atoms with Crippen LogP contribution in [0.15, 0.2) is 83.8 Å². The number of anilines is 1. The summed E-state index contributed by atoms with van der Waals surface area (Å²) in [7, 11) is -3.84. The molecule has 156 valence electrons. The Morgan fingerprint density at radius 2 is 1.57 bits per heavy atom. The second-order valence-corrected chi connectivity index (χ2v) is 8.09. The van der Waals surface area contributed by atoms with Gasteiger partial charge in [0.15, 0.2) is 0 Å². The SMILES string of the molecule is O=C(NCCCOc1ccccc1)c1ccc(S(=O)(=O)Nc2ccc(F)cc2)cc1. The van der Waals surface area contributed by atoms with Gasteiger partial charge >= 0.3 is 0 Å². The third-order valence-electron chi connectivity index (χ3n) is 4.14. The topological polar surface area (TPSA) is 84.5 Å². The summed E-state index contributed by atoms with van der Waals surface area (Å²) in [5, 5.41) is 2.77. The minimum absolute atomic E-state index is 0.000337. The maximum Gasteiger partial charge on any atom is 0.261 e. The van der Waals surface area contributed by atoms with Gasteiger partial charge < -0.3 is 10.1 Å². The third kappa shape index (κ3) is 6.05. The van der Waals surface area contributed by atoms with Crippen molar-refractivity contribution in [2.45, 2.75) is 11.3 Å². The number of sulfonamides is 1. The first kappa shape index (κ1) is 21.3. The highest BCUT2D eigenvalue weighted by atomic mass is 32.2. The highest BCUT2D eigenvalue weighted by Gasteiger charge is 2.15. The van der Waals surface area contributed by atoms with E-state index in [0.717, 1.165) is 17.9 Å². The number of para-hydroxylation sites is 1. The van der Waals surface area contributed by atoms with Crippen molar-refractivity contribution < 1.29 is 22.3 Å². The summed E-state index contributed by atoms with van der Waals surface area (Å²) in [6.07, 6.45) is 0.634. The Bertz CT molecular complexity index is 1070. The molecular weight excluding hydrogens is 407 g/mol. The Morgan fingerprint density at radius 3 is 2.23 bits per heavy atom. The van der Waals surface area contributed by atoms with Crippen molar-refractivity contribution in [2.24, 2.45) is 0 Å². The van der Waals surface area contributed by atoms with Crippen LogP contribution in [0.1, 0.15) is 16.8 Å². The van der Waals surface area contributed by atoms with E-state index in [2.05, 4.69) is 10.0 Å². The minimum Gasteiger partial charge on any atom is -0.494 e. The van der Waals surface area contributed by atoms with Gasteiger partial charge in [-0.15, -0.1) is 0 Å². The first-order chi connectivity index (χ1) is 14.4. The number of carbonyl (C=O) groups is 1. The van der Waals surface area contributed by atoms with Gasteiger partial charge in [-0.05, 0) is 67.1 Å². The fourth-order valence-corrected chi connectivity index (χ4v) is 3.66. The van der Waals surface area contributed by atoms with Crippen molar-refractivity contribution in [2.75, 3.05) is 17.9 Å². The van der Waals surface area contributed by atoms with Crippen LogP contribution >= 0.6 is 0 Å². The lowest BCUT2D eigenvalue weighted by molar-refractivity contribution is 0.0951.